The van der Waals surface area contributed by atoms with E-state index in [2.05, 4.69) is 30.9 Å². The van der Waals surface area contributed by atoms with Crippen molar-refractivity contribution in [1.29, 1.82) is 0 Å². The average Bonchev–Trinajstić information content (AvgIpc) is 3.03. The van der Waals surface area contributed by atoms with Gasteiger partial charge in [-0.2, -0.15) is 0 Å². The summed E-state index contributed by atoms with van der Waals surface area (Å²) in [6, 6.07) is 3.68. The molecule has 0 unspecified atom stereocenters. The van der Waals surface area contributed by atoms with Crippen LogP contribution in [0.3, 0.4) is 0 Å². The van der Waals surface area contributed by atoms with Crippen molar-refractivity contribution in [2.24, 2.45) is 7.05 Å². The molecule has 1 N–H and O–H groups in total. The molecule has 8 nitrogen and oxygen atoms in total. The van der Waals surface area contributed by atoms with E-state index in [0.717, 1.165) is 23.3 Å². The molecule has 3 heterocycles. The second-order valence-electron chi connectivity index (χ2n) is 3.84. The second kappa shape index (κ2) is 5.22. The summed E-state index contributed by atoms with van der Waals surface area (Å²) in [5.74, 6) is 1.65. The SMILES string of the molecule is Cn1ccnc1SCCNc1ccc2nnnn2n1. The van der Waals surface area contributed by atoms with Crippen LogP contribution in [0.1, 0.15) is 0 Å². The zero-order valence-corrected chi connectivity index (χ0v) is 11.1. The number of tetrazole rings is 1. The number of hydrogen-bond donors (Lipinski definition) is 1. The zero-order valence-electron chi connectivity index (χ0n) is 10.3. The monoisotopic (exact) mass is 276 g/mol. The summed E-state index contributed by atoms with van der Waals surface area (Å²) in [5.41, 5.74) is 0.632. The van der Waals surface area contributed by atoms with E-state index < -0.39 is 0 Å². The smallest absolute Gasteiger partial charge is 0.200 e. The highest BCUT2D eigenvalue weighted by Crippen LogP contribution is 2.13. The van der Waals surface area contributed by atoms with Crippen molar-refractivity contribution in [1.82, 2.24) is 34.8 Å². The van der Waals surface area contributed by atoms with Gasteiger partial charge in [-0.05, 0) is 22.6 Å². The molecule has 0 atom stereocenters. The number of fused-ring (bicyclic) bond motifs is 1. The minimum absolute atomic E-state index is 0.632. The highest BCUT2D eigenvalue weighted by molar-refractivity contribution is 7.99. The number of nitrogens with one attached hydrogen (secondary N) is 1. The molecule has 19 heavy (non-hydrogen) atoms. The fourth-order valence-corrected chi connectivity index (χ4v) is 2.34. The first-order chi connectivity index (χ1) is 9.33. The van der Waals surface area contributed by atoms with E-state index >= 15 is 0 Å². The lowest BCUT2D eigenvalue weighted by Crippen LogP contribution is -2.08. The third-order valence-electron chi connectivity index (χ3n) is 2.49. The molecule has 9 heteroatoms. The standard InChI is InChI=1S/C10H12N8S/c1-17-6-4-12-10(17)19-7-5-11-8-2-3-9-13-15-16-18(9)14-8/h2-4,6H,5,7H2,1H3,(H,11,14). The van der Waals surface area contributed by atoms with E-state index in [4.69, 9.17) is 0 Å². The number of anilines is 1. The predicted octanol–water partition coefficient (Wildman–Crippen LogP) is 0.457. The van der Waals surface area contributed by atoms with E-state index in [-0.39, 0.29) is 0 Å². The van der Waals surface area contributed by atoms with Crippen LogP contribution >= 0.6 is 11.8 Å². The first-order valence-electron chi connectivity index (χ1n) is 5.72. The van der Waals surface area contributed by atoms with Gasteiger partial charge in [0.2, 0.25) is 0 Å². The van der Waals surface area contributed by atoms with Crippen molar-refractivity contribution in [2.45, 2.75) is 5.16 Å². The van der Waals surface area contributed by atoms with Crippen LogP contribution in [0, 0.1) is 0 Å². The summed E-state index contributed by atoms with van der Waals surface area (Å²) in [6.45, 7) is 0.790. The number of aromatic nitrogens is 7. The van der Waals surface area contributed by atoms with E-state index in [0.29, 0.717) is 5.65 Å². The normalized spacial score (nSPS) is 11.0. The van der Waals surface area contributed by atoms with Crippen molar-refractivity contribution in [3.63, 3.8) is 0 Å². The van der Waals surface area contributed by atoms with E-state index in [1.165, 1.54) is 4.63 Å². The van der Waals surface area contributed by atoms with Crippen molar-refractivity contribution in [2.75, 3.05) is 17.6 Å². The molecule has 3 aromatic heterocycles. The van der Waals surface area contributed by atoms with Gasteiger partial charge < -0.3 is 9.88 Å². The molecular formula is C10H12N8S. The molecule has 0 saturated carbocycles. The Labute approximate surface area is 113 Å². The Morgan fingerprint density at radius 1 is 1.37 bits per heavy atom. The van der Waals surface area contributed by atoms with Crippen molar-refractivity contribution in [3.8, 4) is 0 Å². The lowest BCUT2D eigenvalue weighted by atomic mass is 10.5. The summed E-state index contributed by atoms with van der Waals surface area (Å²) in [7, 11) is 1.98. The largest absolute Gasteiger partial charge is 0.368 e. The van der Waals surface area contributed by atoms with Gasteiger partial charge in [-0.15, -0.1) is 14.8 Å². The summed E-state index contributed by atoms with van der Waals surface area (Å²) in [4.78, 5) is 4.25. The van der Waals surface area contributed by atoms with Crippen LogP contribution in [0.15, 0.2) is 29.7 Å². The topological polar surface area (TPSA) is 85.8 Å². The third-order valence-corrected chi connectivity index (χ3v) is 3.55. The molecule has 0 aromatic carbocycles. The van der Waals surface area contributed by atoms with Gasteiger partial charge >= 0.3 is 0 Å². The van der Waals surface area contributed by atoms with Gasteiger partial charge in [-0.25, -0.2) is 4.98 Å². The Hall–Kier alpha value is -2.16. The number of nitrogens with zero attached hydrogens (tertiary/aromatic N) is 7. The van der Waals surface area contributed by atoms with Gasteiger partial charge in [0.25, 0.3) is 0 Å². The van der Waals surface area contributed by atoms with Crippen LogP contribution in [0.25, 0.3) is 5.65 Å². The minimum atomic E-state index is 0.632. The number of hydrogen-bond acceptors (Lipinski definition) is 7. The number of rotatable bonds is 5. The van der Waals surface area contributed by atoms with Gasteiger partial charge in [-0.1, -0.05) is 11.8 Å². The van der Waals surface area contributed by atoms with Gasteiger partial charge in [-0.3, -0.25) is 0 Å². The highest BCUT2D eigenvalue weighted by Gasteiger charge is 2.01. The lowest BCUT2D eigenvalue weighted by molar-refractivity contribution is 0.734. The van der Waals surface area contributed by atoms with E-state index in [1.54, 1.807) is 18.0 Å². The quantitative estimate of drug-likeness (QED) is 0.535. The van der Waals surface area contributed by atoms with Crippen LogP contribution in [0.5, 0.6) is 0 Å². The fourth-order valence-electron chi connectivity index (χ4n) is 1.56. The van der Waals surface area contributed by atoms with Crippen LogP contribution in [0.2, 0.25) is 0 Å². The van der Waals surface area contributed by atoms with E-state index in [1.807, 2.05) is 29.9 Å². The number of thioether (sulfide) groups is 1. The van der Waals surface area contributed by atoms with Crippen molar-refractivity contribution < 1.29 is 0 Å². The van der Waals surface area contributed by atoms with Crippen LogP contribution in [-0.2, 0) is 7.05 Å². The number of aryl methyl sites for hydroxylation is 1. The zero-order chi connectivity index (χ0) is 13.1. The molecule has 98 valence electrons. The van der Waals surface area contributed by atoms with Gasteiger partial charge in [0.15, 0.2) is 10.8 Å². The Morgan fingerprint density at radius 3 is 3.16 bits per heavy atom. The third kappa shape index (κ3) is 2.65. The highest BCUT2D eigenvalue weighted by atomic mass is 32.2. The molecule has 0 aliphatic carbocycles. The van der Waals surface area contributed by atoms with Crippen LogP contribution in [0.4, 0.5) is 5.82 Å². The summed E-state index contributed by atoms with van der Waals surface area (Å²) >= 11 is 1.69. The molecule has 0 radical (unpaired) electrons. The fraction of sp³-hybridized carbons (Fsp3) is 0.300. The molecule has 0 fully saturated rings. The Kier molecular flexibility index (Phi) is 3.27. The maximum atomic E-state index is 4.25. The first kappa shape index (κ1) is 11.9. The maximum Gasteiger partial charge on any atom is 0.200 e. The number of imidazole rings is 1. The van der Waals surface area contributed by atoms with Gasteiger partial charge in [0.05, 0.1) is 0 Å². The van der Waals surface area contributed by atoms with Crippen LogP contribution < -0.4 is 5.32 Å². The molecule has 3 aromatic rings. The molecule has 0 saturated heterocycles. The molecule has 0 amide bonds. The Morgan fingerprint density at radius 2 is 2.32 bits per heavy atom. The summed E-state index contributed by atoms with van der Waals surface area (Å²) < 4.78 is 3.39. The first-order valence-corrected chi connectivity index (χ1v) is 6.71. The van der Waals surface area contributed by atoms with Crippen molar-refractivity contribution >= 4 is 23.2 Å². The molecule has 3 rings (SSSR count). The second-order valence-corrected chi connectivity index (χ2v) is 4.90. The van der Waals surface area contributed by atoms with E-state index in [9.17, 15) is 0 Å². The minimum Gasteiger partial charge on any atom is -0.368 e. The maximum absolute atomic E-state index is 4.25. The molecule has 0 aliphatic heterocycles. The average molecular weight is 276 g/mol. The summed E-state index contributed by atoms with van der Waals surface area (Å²) in [5, 5.41) is 19.5. The lowest BCUT2D eigenvalue weighted by Gasteiger charge is -2.04. The van der Waals surface area contributed by atoms with Crippen molar-refractivity contribution in [3.05, 3.63) is 24.5 Å². The Balaban J connectivity index is 1.53. The van der Waals surface area contributed by atoms with Gasteiger partial charge in [0, 0.05) is 31.7 Å². The van der Waals surface area contributed by atoms with Crippen LogP contribution in [-0.4, -0.2) is 47.1 Å². The predicted molar refractivity (Wildman–Crippen MR) is 71.0 cm³/mol. The Bertz CT molecular complexity index is 675. The molecule has 0 spiro atoms. The molecule has 0 aliphatic rings. The van der Waals surface area contributed by atoms with Gasteiger partial charge in [0.1, 0.15) is 5.82 Å². The molecule has 0 bridgehead atoms. The molecular weight excluding hydrogens is 264 g/mol. The summed E-state index contributed by atoms with van der Waals surface area (Å²) in [6.07, 6.45) is 3.73.